The van der Waals surface area contributed by atoms with Crippen molar-refractivity contribution in [3.05, 3.63) is 29.8 Å². The molecule has 0 bridgehead atoms. The van der Waals surface area contributed by atoms with Gasteiger partial charge in [-0.1, -0.05) is 31.5 Å². The first-order valence-corrected chi connectivity index (χ1v) is 9.79. The van der Waals surface area contributed by atoms with Gasteiger partial charge in [-0.05, 0) is 56.6 Å². The van der Waals surface area contributed by atoms with Crippen molar-refractivity contribution in [2.45, 2.75) is 52.4 Å². The minimum atomic E-state index is -0.0554. The number of aryl methyl sites for hydroxylation is 1. The maximum Gasteiger partial charge on any atom is 0.308 e. The largest absolute Gasteiger partial charge is 0.466 e. The summed E-state index contributed by atoms with van der Waals surface area (Å²) in [6.45, 7) is 6.66. The van der Waals surface area contributed by atoms with Crippen molar-refractivity contribution in [1.29, 1.82) is 0 Å². The number of para-hydroxylation sites is 1. The molecule has 0 aliphatic carbocycles. The van der Waals surface area contributed by atoms with E-state index >= 15 is 0 Å². The minimum absolute atomic E-state index is 0.00967. The molecule has 1 fully saturated rings. The van der Waals surface area contributed by atoms with Crippen LogP contribution >= 0.6 is 0 Å². The molecule has 0 aromatic heterocycles. The summed E-state index contributed by atoms with van der Waals surface area (Å²) in [4.78, 5) is 14.6. The highest BCUT2D eigenvalue weighted by molar-refractivity contribution is 5.72. The van der Waals surface area contributed by atoms with Gasteiger partial charge in [0.2, 0.25) is 0 Å². The number of hydrogen-bond acceptors (Lipinski definition) is 4. The van der Waals surface area contributed by atoms with E-state index in [2.05, 4.69) is 36.1 Å². The van der Waals surface area contributed by atoms with Gasteiger partial charge in [-0.3, -0.25) is 4.79 Å². The predicted molar refractivity (Wildman–Crippen MR) is 102 cm³/mol. The Bertz CT molecular complexity index is 532. The molecule has 1 aromatic carbocycles. The zero-order valence-corrected chi connectivity index (χ0v) is 15.7. The number of benzene rings is 1. The number of esters is 1. The Morgan fingerprint density at radius 1 is 1.32 bits per heavy atom. The lowest BCUT2D eigenvalue weighted by Gasteiger charge is -2.35. The maximum absolute atomic E-state index is 12.2. The van der Waals surface area contributed by atoms with Crippen LogP contribution in [0.5, 0.6) is 0 Å². The van der Waals surface area contributed by atoms with Gasteiger partial charge in [0.05, 0.1) is 12.5 Å². The molecule has 1 saturated heterocycles. The number of nitrogens with zero attached hydrogens (tertiary/aromatic N) is 1. The number of rotatable bonds is 9. The number of carbonyl (C=O) groups is 1. The first-order valence-electron chi connectivity index (χ1n) is 9.79. The Morgan fingerprint density at radius 2 is 2.12 bits per heavy atom. The standard InChI is InChI=1S/C21H33NO3/c1-3-8-19(21(24)25-4-2)13-12-18-10-5-6-11-20(18)22-14-7-9-17(15-22)16-23/h5-6,10-11,17,19,23H,3-4,7-9,12-16H2,1-2H3. The Balaban J connectivity index is 2.05. The molecular weight excluding hydrogens is 314 g/mol. The summed E-state index contributed by atoms with van der Waals surface area (Å²) in [5, 5.41) is 9.49. The van der Waals surface area contributed by atoms with Crippen molar-refractivity contribution < 1.29 is 14.6 Å². The first kappa shape index (κ1) is 19.8. The molecule has 1 N–H and O–H groups in total. The lowest BCUT2D eigenvalue weighted by molar-refractivity contribution is -0.148. The van der Waals surface area contributed by atoms with Crippen molar-refractivity contribution in [1.82, 2.24) is 0 Å². The van der Waals surface area contributed by atoms with Gasteiger partial charge in [-0.15, -0.1) is 0 Å². The Kier molecular flexibility index (Phi) is 8.26. The molecule has 1 heterocycles. The molecule has 25 heavy (non-hydrogen) atoms. The number of hydrogen-bond donors (Lipinski definition) is 1. The molecule has 4 nitrogen and oxygen atoms in total. The predicted octanol–water partition coefficient (Wildman–Crippen LogP) is 3.81. The van der Waals surface area contributed by atoms with E-state index in [1.54, 1.807) is 0 Å². The number of ether oxygens (including phenoxy) is 1. The molecule has 0 saturated carbocycles. The Morgan fingerprint density at radius 3 is 2.84 bits per heavy atom. The zero-order chi connectivity index (χ0) is 18.1. The average molecular weight is 347 g/mol. The molecule has 1 aliphatic rings. The fourth-order valence-corrected chi connectivity index (χ4v) is 3.78. The van der Waals surface area contributed by atoms with Crippen molar-refractivity contribution in [3.8, 4) is 0 Å². The lowest BCUT2D eigenvalue weighted by atomic mass is 9.93. The summed E-state index contributed by atoms with van der Waals surface area (Å²) in [5.74, 6) is 0.305. The normalized spacial score (nSPS) is 18.8. The zero-order valence-electron chi connectivity index (χ0n) is 15.7. The van der Waals surface area contributed by atoms with Gasteiger partial charge in [-0.25, -0.2) is 0 Å². The third kappa shape index (κ3) is 5.74. The second-order valence-electron chi connectivity index (χ2n) is 7.04. The van der Waals surface area contributed by atoms with Gasteiger partial charge in [0.25, 0.3) is 0 Å². The highest BCUT2D eigenvalue weighted by Gasteiger charge is 2.23. The Hall–Kier alpha value is -1.55. The van der Waals surface area contributed by atoms with Crippen LogP contribution in [0.4, 0.5) is 5.69 Å². The van der Waals surface area contributed by atoms with Crippen LogP contribution in [0.15, 0.2) is 24.3 Å². The SMILES string of the molecule is CCCC(CCc1ccccc1N1CCCC(CO)C1)C(=O)OCC. The highest BCUT2D eigenvalue weighted by atomic mass is 16.5. The van der Waals surface area contributed by atoms with E-state index in [4.69, 9.17) is 4.74 Å². The third-order valence-electron chi connectivity index (χ3n) is 5.13. The molecule has 2 unspecified atom stereocenters. The van der Waals surface area contributed by atoms with Gasteiger partial charge in [0.1, 0.15) is 0 Å². The first-order chi connectivity index (χ1) is 12.2. The number of carbonyl (C=O) groups excluding carboxylic acids is 1. The second-order valence-corrected chi connectivity index (χ2v) is 7.04. The molecule has 0 amide bonds. The molecular formula is C21H33NO3. The van der Waals surface area contributed by atoms with Crippen LogP contribution in [0.2, 0.25) is 0 Å². The van der Waals surface area contributed by atoms with E-state index in [0.29, 0.717) is 12.5 Å². The number of aliphatic hydroxyl groups is 1. The van der Waals surface area contributed by atoms with Crippen LogP contribution in [-0.4, -0.2) is 37.4 Å². The fourth-order valence-electron chi connectivity index (χ4n) is 3.78. The summed E-state index contributed by atoms with van der Waals surface area (Å²) in [5.41, 5.74) is 2.56. The highest BCUT2D eigenvalue weighted by Crippen LogP contribution is 2.28. The van der Waals surface area contributed by atoms with E-state index in [0.717, 1.165) is 51.6 Å². The quantitative estimate of drug-likeness (QED) is 0.690. The molecule has 2 atom stereocenters. The number of aliphatic hydroxyl groups excluding tert-OH is 1. The minimum Gasteiger partial charge on any atom is -0.466 e. The van der Waals surface area contributed by atoms with Crippen LogP contribution in [0.25, 0.3) is 0 Å². The van der Waals surface area contributed by atoms with E-state index in [-0.39, 0.29) is 18.5 Å². The van der Waals surface area contributed by atoms with Gasteiger partial charge in [0.15, 0.2) is 0 Å². The molecule has 1 aromatic rings. The summed E-state index contributed by atoms with van der Waals surface area (Å²) >= 11 is 0. The fraction of sp³-hybridized carbons (Fsp3) is 0.667. The topological polar surface area (TPSA) is 49.8 Å². The van der Waals surface area contributed by atoms with Crippen LogP contribution in [-0.2, 0) is 16.0 Å². The van der Waals surface area contributed by atoms with Crippen LogP contribution in [0, 0.1) is 11.8 Å². The molecule has 2 rings (SSSR count). The summed E-state index contributed by atoms with van der Waals surface area (Å²) in [6.07, 6.45) is 5.84. The Labute approximate surface area is 152 Å². The number of piperidine rings is 1. The molecule has 0 spiro atoms. The van der Waals surface area contributed by atoms with Crippen molar-refractivity contribution in [3.63, 3.8) is 0 Å². The van der Waals surface area contributed by atoms with E-state index in [1.807, 2.05) is 6.92 Å². The van der Waals surface area contributed by atoms with Crippen molar-refractivity contribution >= 4 is 11.7 Å². The molecule has 4 heteroatoms. The van der Waals surface area contributed by atoms with E-state index in [9.17, 15) is 9.90 Å². The molecule has 1 aliphatic heterocycles. The van der Waals surface area contributed by atoms with Crippen LogP contribution in [0.3, 0.4) is 0 Å². The molecule has 0 radical (unpaired) electrons. The smallest absolute Gasteiger partial charge is 0.308 e. The summed E-state index contributed by atoms with van der Waals surface area (Å²) in [7, 11) is 0. The maximum atomic E-state index is 12.2. The van der Waals surface area contributed by atoms with Crippen molar-refractivity contribution in [2.24, 2.45) is 11.8 Å². The number of anilines is 1. The van der Waals surface area contributed by atoms with Gasteiger partial charge < -0.3 is 14.7 Å². The van der Waals surface area contributed by atoms with Gasteiger partial charge in [0, 0.05) is 25.4 Å². The molecule has 140 valence electrons. The average Bonchev–Trinajstić information content (AvgIpc) is 2.65. The van der Waals surface area contributed by atoms with Crippen LogP contribution < -0.4 is 4.90 Å². The van der Waals surface area contributed by atoms with Gasteiger partial charge in [-0.2, -0.15) is 0 Å². The van der Waals surface area contributed by atoms with Crippen LogP contribution in [0.1, 0.15) is 51.5 Å². The van der Waals surface area contributed by atoms with E-state index < -0.39 is 0 Å². The lowest BCUT2D eigenvalue weighted by Crippen LogP contribution is -2.37. The summed E-state index contributed by atoms with van der Waals surface area (Å²) < 4.78 is 5.24. The van der Waals surface area contributed by atoms with Crippen molar-refractivity contribution in [2.75, 3.05) is 31.2 Å². The third-order valence-corrected chi connectivity index (χ3v) is 5.13. The monoisotopic (exact) mass is 347 g/mol. The summed E-state index contributed by atoms with van der Waals surface area (Å²) in [6, 6.07) is 8.50. The second kappa shape index (κ2) is 10.4. The van der Waals surface area contributed by atoms with Gasteiger partial charge >= 0.3 is 5.97 Å². The van der Waals surface area contributed by atoms with E-state index in [1.165, 1.54) is 11.3 Å².